The highest BCUT2D eigenvalue weighted by molar-refractivity contribution is 6.33. The van der Waals surface area contributed by atoms with E-state index in [1.54, 1.807) is 6.07 Å². The second kappa shape index (κ2) is 8.18. The molecule has 3 nitrogen and oxygen atoms in total. The van der Waals surface area contributed by atoms with Crippen molar-refractivity contribution in [1.82, 2.24) is 0 Å². The zero-order valence-corrected chi connectivity index (χ0v) is 12.5. The molecule has 1 aromatic rings. The van der Waals surface area contributed by atoms with E-state index in [0.29, 0.717) is 29.6 Å². The molecule has 0 aliphatic carbocycles. The molecule has 1 aromatic carbocycles. The molecule has 0 aliphatic heterocycles. The van der Waals surface area contributed by atoms with E-state index >= 15 is 0 Å². The molecule has 1 rings (SSSR count). The first-order valence-corrected chi connectivity index (χ1v) is 7.20. The maximum absolute atomic E-state index is 11.9. The Hall–Kier alpha value is -1.06. The highest BCUT2D eigenvalue weighted by Crippen LogP contribution is 2.23. The number of carbonyl (C=O) groups is 1. The minimum atomic E-state index is 0.0166. The lowest BCUT2D eigenvalue weighted by Gasteiger charge is -2.13. The predicted octanol–water partition coefficient (Wildman–Crippen LogP) is 3.74. The molecule has 0 bridgehead atoms. The molecule has 1 amide bonds. The number of rotatable bonds is 7. The van der Waals surface area contributed by atoms with Crippen molar-refractivity contribution in [2.45, 2.75) is 39.5 Å². The van der Waals surface area contributed by atoms with E-state index in [9.17, 15) is 4.79 Å². The van der Waals surface area contributed by atoms with Gasteiger partial charge in [0.05, 0.1) is 10.7 Å². The first kappa shape index (κ1) is 16.0. The Morgan fingerprint density at radius 2 is 2.16 bits per heavy atom. The van der Waals surface area contributed by atoms with Crippen molar-refractivity contribution in [2.24, 2.45) is 11.7 Å². The molecule has 3 N–H and O–H groups in total. The summed E-state index contributed by atoms with van der Waals surface area (Å²) in [6.45, 7) is 4.79. The largest absolute Gasteiger partial charge is 0.330 e. The highest BCUT2D eigenvalue weighted by atomic mass is 35.5. The van der Waals surface area contributed by atoms with Gasteiger partial charge in [0.15, 0.2) is 0 Å². The van der Waals surface area contributed by atoms with E-state index in [0.717, 1.165) is 24.8 Å². The Balaban J connectivity index is 2.48. The van der Waals surface area contributed by atoms with Crippen LogP contribution in [0.1, 0.15) is 38.2 Å². The molecule has 0 spiro atoms. The zero-order chi connectivity index (χ0) is 14.3. The Kier molecular flexibility index (Phi) is 6.89. The van der Waals surface area contributed by atoms with Crippen LogP contribution >= 0.6 is 11.6 Å². The van der Waals surface area contributed by atoms with E-state index in [-0.39, 0.29) is 5.91 Å². The molecule has 106 valence electrons. The normalized spacial score (nSPS) is 12.2. The number of hydrogen-bond donors (Lipinski definition) is 2. The SMILES string of the molecule is CCC(CCN)CCC(=O)Nc1cc(C)ccc1Cl. The maximum Gasteiger partial charge on any atom is 0.224 e. The molecule has 0 saturated heterocycles. The van der Waals surface area contributed by atoms with Crippen molar-refractivity contribution in [1.29, 1.82) is 0 Å². The second-order valence-electron chi connectivity index (χ2n) is 4.92. The fourth-order valence-corrected chi connectivity index (χ4v) is 2.24. The van der Waals surface area contributed by atoms with Gasteiger partial charge in [0, 0.05) is 6.42 Å². The van der Waals surface area contributed by atoms with E-state index in [1.165, 1.54) is 0 Å². The van der Waals surface area contributed by atoms with Gasteiger partial charge in [-0.2, -0.15) is 0 Å². The average molecular weight is 283 g/mol. The maximum atomic E-state index is 11.9. The zero-order valence-electron chi connectivity index (χ0n) is 11.7. The summed E-state index contributed by atoms with van der Waals surface area (Å²) in [6, 6.07) is 5.61. The highest BCUT2D eigenvalue weighted by Gasteiger charge is 2.10. The number of anilines is 1. The number of amides is 1. The quantitative estimate of drug-likeness (QED) is 0.800. The number of hydrogen-bond acceptors (Lipinski definition) is 2. The van der Waals surface area contributed by atoms with Crippen molar-refractivity contribution < 1.29 is 4.79 Å². The van der Waals surface area contributed by atoms with Gasteiger partial charge in [-0.25, -0.2) is 0 Å². The lowest BCUT2D eigenvalue weighted by Crippen LogP contribution is -2.15. The van der Waals surface area contributed by atoms with Gasteiger partial charge in [0.25, 0.3) is 0 Å². The summed E-state index contributed by atoms with van der Waals surface area (Å²) in [6.07, 6.45) is 3.44. The standard InChI is InChI=1S/C15H23ClN2O/c1-3-12(8-9-17)5-7-15(19)18-14-10-11(2)4-6-13(14)16/h4,6,10,12H,3,5,7-9,17H2,1-2H3,(H,18,19). The molecule has 0 aliphatic rings. The molecule has 0 fully saturated rings. The fraction of sp³-hybridized carbons (Fsp3) is 0.533. The Labute approximate surface area is 120 Å². The number of halogens is 1. The lowest BCUT2D eigenvalue weighted by molar-refractivity contribution is -0.116. The second-order valence-corrected chi connectivity index (χ2v) is 5.33. The minimum Gasteiger partial charge on any atom is -0.330 e. The smallest absolute Gasteiger partial charge is 0.224 e. The molecule has 0 aromatic heterocycles. The van der Waals surface area contributed by atoms with E-state index in [4.69, 9.17) is 17.3 Å². The van der Waals surface area contributed by atoms with E-state index in [1.807, 2.05) is 19.1 Å². The van der Waals surface area contributed by atoms with Crippen LogP contribution in [-0.2, 0) is 4.79 Å². The van der Waals surface area contributed by atoms with Gasteiger partial charge in [-0.15, -0.1) is 0 Å². The van der Waals surface area contributed by atoms with Gasteiger partial charge in [0.2, 0.25) is 5.91 Å². The molecule has 0 radical (unpaired) electrons. The third-order valence-electron chi connectivity index (χ3n) is 3.33. The molecule has 0 saturated carbocycles. The molecule has 1 atom stereocenters. The summed E-state index contributed by atoms with van der Waals surface area (Å²) in [5, 5.41) is 3.45. The van der Waals surface area contributed by atoms with Crippen molar-refractivity contribution in [2.75, 3.05) is 11.9 Å². The van der Waals surface area contributed by atoms with Crippen LogP contribution in [0, 0.1) is 12.8 Å². The number of carbonyl (C=O) groups excluding carboxylic acids is 1. The topological polar surface area (TPSA) is 55.1 Å². The summed E-state index contributed by atoms with van der Waals surface area (Å²) in [5.41, 5.74) is 7.32. The molecular weight excluding hydrogens is 260 g/mol. The molecule has 1 unspecified atom stereocenters. The van der Waals surface area contributed by atoms with Crippen molar-refractivity contribution >= 4 is 23.2 Å². The monoisotopic (exact) mass is 282 g/mol. The number of nitrogens with one attached hydrogen (secondary N) is 1. The van der Waals surface area contributed by atoms with Crippen LogP contribution in [0.3, 0.4) is 0 Å². The van der Waals surface area contributed by atoms with Crippen LogP contribution in [0.4, 0.5) is 5.69 Å². The van der Waals surface area contributed by atoms with Crippen molar-refractivity contribution in [3.05, 3.63) is 28.8 Å². The van der Waals surface area contributed by atoms with Crippen molar-refractivity contribution in [3.63, 3.8) is 0 Å². The number of benzene rings is 1. The van der Waals surface area contributed by atoms with Crippen LogP contribution in [-0.4, -0.2) is 12.5 Å². The van der Waals surface area contributed by atoms with Crippen LogP contribution < -0.4 is 11.1 Å². The Morgan fingerprint density at radius 3 is 2.79 bits per heavy atom. The van der Waals surface area contributed by atoms with Crippen LogP contribution in [0.15, 0.2) is 18.2 Å². The molecular formula is C15H23ClN2O. The lowest BCUT2D eigenvalue weighted by atomic mass is 9.96. The van der Waals surface area contributed by atoms with E-state index < -0.39 is 0 Å². The summed E-state index contributed by atoms with van der Waals surface area (Å²) < 4.78 is 0. The van der Waals surface area contributed by atoms with Gasteiger partial charge >= 0.3 is 0 Å². The number of aryl methyl sites for hydroxylation is 1. The van der Waals surface area contributed by atoms with Crippen LogP contribution in [0.25, 0.3) is 0 Å². The fourth-order valence-electron chi connectivity index (χ4n) is 2.07. The van der Waals surface area contributed by atoms with Crippen molar-refractivity contribution in [3.8, 4) is 0 Å². The predicted molar refractivity (Wildman–Crippen MR) is 81.5 cm³/mol. The number of nitrogens with two attached hydrogens (primary N) is 1. The van der Waals surface area contributed by atoms with Gasteiger partial charge in [-0.1, -0.05) is 31.0 Å². The van der Waals surface area contributed by atoms with Gasteiger partial charge < -0.3 is 11.1 Å². The average Bonchev–Trinajstić information content (AvgIpc) is 2.39. The van der Waals surface area contributed by atoms with E-state index in [2.05, 4.69) is 12.2 Å². The van der Waals surface area contributed by atoms with Gasteiger partial charge in [-0.05, 0) is 49.9 Å². The summed E-state index contributed by atoms with van der Waals surface area (Å²) in [4.78, 5) is 11.9. The minimum absolute atomic E-state index is 0.0166. The van der Waals surface area contributed by atoms with Gasteiger partial charge in [-0.3, -0.25) is 4.79 Å². The molecule has 19 heavy (non-hydrogen) atoms. The summed E-state index contributed by atoms with van der Waals surface area (Å²) >= 11 is 6.05. The third-order valence-corrected chi connectivity index (χ3v) is 3.66. The molecule has 0 heterocycles. The van der Waals surface area contributed by atoms with Crippen LogP contribution in [0.2, 0.25) is 5.02 Å². The van der Waals surface area contributed by atoms with Crippen LogP contribution in [0.5, 0.6) is 0 Å². The summed E-state index contributed by atoms with van der Waals surface area (Å²) in [7, 11) is 0. The Morgan fingerprint density at radius 1 is 1.42 bits per heavy atom. The first-order valence-electron chi connectivity index (χ1n) is 6.82. The van der Waals surface area contributed by atoms with Gasteiger partial charge in [0.1, 0.15) is 0 Å². The molecule has 4 heteroatoms. The Bertz CT molecular complexity index is 421. The first-order chi connectivity index (χ1) is 9.06. The summed E-state index contributed by atoms with van der Waals surface area (Å²) in [5.74, 6) is 0.548. The third kappa shape index (κ3) is 5.62.